The molecule has 0 amide bonds. The van der Waals surface area contributed by atoms with Crippen molar-refractivity contribution in [2.75, 3.05) is 6.61 Å². The Bertz CT molecular complexity index is 416. The molecule has 0 aliphatic carbocycles. The number of hydrogen-bond donors (Lipinski definition) is 0. The number of carbonyl (C=O) groups is 4. The summed E-state index contributed by atoms with van der Waals surface area (Å²) in [5.74, 6) is -2.54. The van der Waals surface area contributed by atoms with E-state index in [1.807, 2.05) is 0 Å². The average molecular weight is 288 g/mol. The van der Waals surface area contributed by atoms with Crippen molar-refractivity contribution in [2.24, 2.45) is 0 Å². The first-order valence-corrected chi connectivity index (χ1v) is 5.98. The number of ether oxygens (including phenoxy) is 4. The van der Waals surface area contributed by atoms with Crippen LogP contribution in [0.5, 0.6) is 0 Å². The van der Waals surface area contributed by atoms with Gasteiger partial charge in [-0.25, -0.2) is 4.79 Å². The van der Waals surface area contributed by atoms with Crippen molar-refractivity contribution in [2.45, 2.75) is 45.5 Å². The predicted molar refractivity (Wildman–Crippen MR) is 62.2 cm³/mol. The van der Waals surface area contributed by atoms with Crippen molar-refractivity contribution in [3.63, 3.8) is 0 Å². The minimum absolute atomic E-state index is 0.0378. The van der Waals surface area contributed by atoms with E-state index in [9.17, 15) is 19.2 Å². The molecule has 0 spiro atoms. The first-order valence-electron chi connectivity index (χ1n) is 5.98. The molecular weight excluding hydrogens is 272 g/mol. The molecule has 1 heterocycles. The van der Waals surface area contributed by atoms with Gasteiger partial charge in [-0.1, -0.05) is 0 Å². The van der Waals surface area contributed by atoms with Gasteiger partial charge in [0.2, 0.25) is 6.10 Å². The van der Waals surface area contributed by atoms with E-state index in [0.29, 0.717) is 0 Å². The van der Waals surface area contributed by atoms with Crippen LogP contribution in [0.25, 0.3) is 0 Å². The number of hydrogen-bond acceptors (Lipinski definition) is 8. The molecule has 0 saturated carbocycles. The quantitative estimate of drug-likeness (QED) is 0.514. The van der Waals surface area contributed by atoms with E-state index in [0.717, 1.165) is 6.92 Å². The van der Waals surface area contributed by atoms with E-state index in [2.05, 4.69) is 0 Å². The smallest absolute Gasteiger partial charge is 0.348 e. The maximum Gasteiger partial charge on any atom is 0.348 e. The highest BCUT2D eigenvalue weighted by atomic mass is 16.6. The molecule has 1 fully saturated rings. The van der Waals surface area contributed by atoms with E-state index in [1.54, 1.807) is 0 Å². The van der Waals surface area contributed by atoms with E-state index < -0.39 is 42.2 Å². The summed E-state index contributed by atoms with van der Waals surface area (Å²) in [6.07, 6.45) is -2.93. The van der Waals surface area contributed by atoms with Crippen molar-refractivity contribution in [3.05, 3.63) is 0 Å². The third kappa shape index (κ3) is 4.87. The van der Waals surface area contributed by atoms with E-state index in [4.69, 9.17) is 18.9 Å². The molecule has 1 aliphatic rings. The largest absolute Gasteiger partial charge is 0.462 e. The molecule has 0 radical (unpaired) electrons. The summed E-state index contributed by atoms with van der Waals surface area (Å²) in [5, 5.41) is 0. The molecule has 0 aromatic rings. The number of esters is 4. The zero-order chi connectivity index (χ0) is 15.3. The second kappa shape index (κ2) is 6.88. The van der Waals surface area contributed by atoms with Gasteiger partial charge in [-0.2, -0.15) is 0 Å². The molecular formula is C12H16O8. The fourth-order valence-corrected chi connectivity index (χ4v) is 1.73. The predicted octanol–water partition coefficient (Wildman–Crippen LogP) is -0.272. The first kappa shape index (κ1) is 15.9. The normalized spacial score (nSPS) is 25.4. The molecule has 8 heteroatoms. The van der Waals surface area contributed by atoms with Gasteiger partial charge in [0.1, 0.15) is 12.7 Å². The third-order valence-corrected chi connectivity index (χ3v) is 2.47. The maximum atomic E-state index is 11.6. The van der Waals surface area contributed by atoms with Crippen LogP contribution in [0, 0.1) is 0 Å². The van der Waals surface area contributed by atoms with Crippen LogP contribution < -0.4 is 0 Å². The molecule has 1 saturated heterocycles. The Hall–Kier alpha value is -2.12. The lowest BCUT2D eigenvalue weighted by Crippen LogP contribution is -2.49. The second-order valence-corrected chi connectivity index (χ2v) is 4.26. The minimum Gasteiger partial charge on any atom is -0.462 e. The monoisotopic (exact) mass is 288 g/mol. The Labute approximate surface area is 115 Å². The fraction of sp³-hybridized carbons (Fsp3) is 0.667. The van der Waals surface area contributed by atoms with Crippen molar-refractivity contribution in [1.29, 1.82) is 0 Å². The summed E-state index contributed by atoms with van der Waals surface area (Å²) in [6, 6.07) is 0. The first-order chi connectivity index (χ1) is 9.29. The molecule has 20 heavy (non-hydrogen) atoms. The highest BCUT2D eigenvalue weighted by molar-refractivity contribution is 5.79. The molecule has 0 unspecified atom stereocenters. The van der Waals surface area contributed by atoms with Crippen molar-refractivity contribution in [1.82, 2.24) is 0 Å². The van der Waals surface area contributed by atoms with Gasteiger partial charge in [-0.15, -0.1) is 0 Å². The average Bonchev–Trinajstić information content (AvgIpc) is 2.29. The Morgan fingerprint density at radius 3 is 2.20 bits per heavy atom. The van der Waals surface area contributed by atoms with Gasteiger partial charge in [0.25, 0.3) is 0 Å². The summed E-state index contributed by atoms with van der Waals surface area (Å²) in [6.45, 7) is 3.32. The SMILES string of the molecule is CC(=O)OC[C@H]1OC(=O)[C@@H](OC(C)=O)C[C@@H]1OC(C)=O. The summed E-state index contributed by atoms with van der Waals surface area (Å²) in [5.41, 5.74) is 0. The lowest BCUT2D eigenvalue weighted by molar-refractivity contribution is -0.200. The van der Waals surface area contributed by atoms with E-state index >= 15 is 0 Å². The minimum atomic E-state index is -1.13. The third-order valence-electron chi connectivity index (χ3n) is 2.47. The highest BCUT2D eigenvalue weighted by Crippen LogP contribution is 2.22. The van der Waals surface area contributed by atoms with E-state index in [-0.39, 0.29) is 13.0 Å². The van der Waals surface area contributed by atoms with Crippen molar-refractivity contribution >= 4 is 23.9 Å². The van der Waals surface area contributed by atoms with Gasteiger partial charge in [0.15, 0.2) is 6.10 Å². The van der Waals surface area contributed by atoms with Crippen LogP contribution in [0.4, 0.5) is 0 Å². The Morgan fingerprint density at radius 2 is 1.70 bits per heavy atom. The lowest BCUT2D eigenvalue weighted by Gasteiger charge is -2.33. The summed E-state index contributed by atoms with van der Waals surface area (Å²) >= 11 is 0. The topological polar surface area (TPSA) is 105 Å². The van der Waals surface area contributed by atoms with Gasteiger partial charge >= 0.3 is 23.9 Å². The molecule has 112 valence electrons. The van der Waals surface area contributed by atoms with Gasteiger partial charge < -0.3 is 18.9 Å². The molecule has 1 rings (SSSR count). The standard InChI is InChI=1S/C12H16O8/c1-6(13)17-5-11-9(18-7(2)14)4-10(12(16)20-11)19-8(3)15/h9-11H,4-5H2,1-3H3/t9-,10-,11+/m0/s1. The molecule has 1 aliphatic heterocycles. The van der Waals surface area contributed by atoms with Crippen LogP contribution in [-0.4, -0.2) is 48.8 Å². The summed E-state index contributed by atoms with van der Waals surface area (Å²) < 4.78 is 19.5. The molecule has 3 atom stereocenters. The molecule has 0 N–H and O–H groups in total. The van der Waals surface area contributed by atoms with Crippen molar-refractivity contribution in [3.8, 4) is 0 Å². The van der Waals surface area contributed by atoms with Crippen molar-refractivity contribution < 1.29 is 38.1 Å². The zero-order valence-corrected chi connectivity index (χ0v) is 11.4. The fourth-order valence-electron chi connectivity index (χ4n) is 1.73. The molecule has 8 nitrogen and oxygen atoms in total. The summed E-state index contributed by atoms with van der Waals surface area (Å²) in [7, 11) is 0. The molecule has 0 aromatic heterocycles. The van der Waals surface area contributed by atoms with Crippen LogP contribution in [0.2, 0.25) is 0 Å². The van der Waals surface area contributed by atoms with E-state index in [1.165, 1.54) is 13.8 Å². The highest BCUT2D eigenvalue weighted by Gasteiger charge is 2.42. The van der Waals surface area contributed by atoms with Gasteiger partial charge in [0.05, 0.1) is 0 Å². The zero-order valence-electron chi connectivity index (χ0n) is 11.4. The molecule has 0 bridgehead atoms. The second-order valence-electron chi connectivity index (χ2n) is 4.26. The van der Waals surface area contributed by atoms with Crippen LogP contribution >= 0.6 is 0 Å². The van der Waals surface area contributed by atoms with Crippen LogP contribution in [0.3, 0.4) is 0 Å². The number of carbonyl (C=O) groups excluding carboxylic acids is 4. The lowest BCUT2D eigenvalue weighted by atomic mass is 10.0. The Kier molecular flexibility index (Phi) is 5.48. The van der Waals surface area contributed by atoms with Crippen LogP contribution in [0.15, 0.2) is 0 Å². The molecule has 0 aromatic carbocycles. The van der Waals surface area contributed by atoms with Gasteiger partial charge in [0, 0.05) is 27.2 Å². The van der Waals surface area contributed by atoms with Gasteiger partial charge in [-0.05, 0) is 0 Å². The van der Waals surface area contributed by atoms with Crippen LogP contribution in [-0.2, 0) is 38.1 Å². The number of rotatable bonds is 4. The maximum absolute atomic E-state index is 11.6. The van der Waals surface area contributed by atoms with Gasteiger partial charge in [-0.3, -0.25) is 14.4 Å². The van der Waals surface area contributed by atoms with Crippen LogP contribution in [0.1, 0.15) is 27.2 Å². The summed E-state index contributed by atoms with van der Waals surface area (Å²) in [4.78, 5) is 44.3. The Balaban J connectivity index is 2.73. The number of cyclic esters (lactones) is 1. The Morgan fingerprint density at radius 1 is 1.10 bits per heavy atom.